The van der Waals surface area contributed by atoms with Gasteiger partial charge in [0.1, 0.15) is 5.82 Å². The molecule has 3 aromatic rings. The van der Waals surface area contributed by atoms with Crippen LogP contribution in [0.15, 0.2) is 48.5 Å². The molecule has 2 aromatic carbocycles. The molecule has 1 fully saturated rings. The van der Waals surface area contributed by atoms with E-state index in [1.165, 1.54) is 32.1 Å². The zero-order chi connectivity index (χ0) is 16.5. The van der Waals surface area contributed by atoms with Gasteiger partial charge in [0, 0.05) is 11.6 Å². The molecule has 1 heterocycles. The van der Waals surface area contributed by atoms with Crippen LogP contribution in [0.1, 0.15) is 43.8 Å². The van der Waals surface area contributed by atoms with Crippen LogP contribution in [0.3, 0.4) is 0 Å². The van der Waals surface area contributed by atoms with Crippen LogP contribution in [0.5, 0.6) is 0 Å². The van der Waals surface area contributed by atoms with Crippen LogP contribution < -0.4 is 5.46 Å². The lowest BCUT2D eigenvalue weighted by Gasteiger charge is -2.22. The van der Waals surface area contributed by atoms with Crippen LogP contribution in [-0.2, 0) is 0 Å². The van der Waals surface area contributed by atoms with Gasteiger partial charge in [-0.25, -0.2) is 4.98 Å². The van der Waals surface area contributed by atoms with Gasteiger partial charge in [0.2, 0.25) is 0 Å². The third-order valence-corrected chi connectivity index (χ3v) is 5.01. The maximum absolute atomic E-state index is 9.31. The lowest BCUT2D eigenvalue weighted by Crippen LogP contribution is -2.29. The number of para-hydroxylation sites is 2. The minimum atomic E-state index is -1.43. The summed E-state index contributed by atoms with van der Waals surface area (Å²) in [4.78, 5) is 4.93. The maximum Gasteiger partial charge on any atom is 0.488 e. The highest BCUT2D eigenvalue weighted by Crippen LogP contribution is 2.35. The second-order valence-electron chi connectivity index (χ2n) is 6.59. The van der Waals surface area contributed by atoms with E-state index in [1.54, 1.807) is 12.1 Å². The quantitative estimate of drug-likeness (QED) is 0.730. The first-order valence-corrected chi connectivity index (χ1v) is 8.68. The first-order chi connectivity index (χ1) is 11.7. The van der Waals surface area contributed by atoms with Gasteiger partial charge in [-0.2, -0.15) is 0 Å². The van der Waals surface area contributed by atoms with Gasteiger partial charge in [0.25, 0.3) is 0 Å². The molecule has 0 radical (unpaired) electrons. The number of fused-ring (bicyclic) bond motifs is 1. The van der Waals surface area contributed by atoms with Crippen LogP contribution in [0, 0.1) is 0 Å². The highest BCUT2D eigenvalue weighted by atomic mass is 16.4. The smallest absolute Gasteiger partial charge is 0.423 e. The summed E-state index contributed by atoms with van der Waals surface area (Å²) in [6, 6.07) is 15.6. The van der Waals surface area contributed by atoms with E-state index < -0.39 is 7.12 Å². The molecule has 1 aliphatic rings. The van der Waals surface area contributed by atoms with Crippen molar-refractivity contribution in [1.29, 1.82) is 0 Å². The fraction of sp³-hybridized carbons (Fsp3) is 0.316. The third-order valence-electron chi connectivity index (χ3n) is 5.01. The summed E-state index contributed by atoms with van der Waals surface area (Å²) in [5.74, 6) is 1.63. The summed E-state index contributed by atoms with van der Waals surface area (Å²) in [6.07, 6.45) is 6.24. The molecule has 0 aliphatic heterocycles. The van der Waals surface area contributed by atoms with E-state index in [4.69, 9.17) is 4.98 Å². The highest BCUT2D eigenvalue weighted by molar-refractivity contribution is 6.58. The number of aromatic nitrogens is 2. The maximum atomic E-state index is 9.31. The van der Waals surface area contributed by atoms with Gasteiger partial charge >= 0.3 is 7.12 Å². The van der Waals surface area contributed by atoms with Crippen molar-refractivity contribution in [3.63, 3.8) is 0 Å². The van der Waals surface area contributed by atoms with E-state index >= 15 is 0 Å². The first-order valence-electron chi connectivity index (χ1n) is 8.68. The topological polar surface area (TPSA) is 58.3 Å². The Bertz CT molecular complexity index is 836. The molecule has 1 saturated carbocycles. The molecule has 0 saturated heterocycles. The molecule has 0 spiro atoms. The van der Waals surface area contributed by atoms with Crippen LogP contribution in [0.2, 0.25) is 0 Å². The summed E-state index contributed by atoms with van der Waals surface area (Å²) in [7, 11) is -1.43. The Balaban J connectivity index is 1.85. The van der Waals surface area contributed by atoms with Crippen molar-refractivity contribution in [2.24, 2.45) is 0 Å². The van der Waals surface area contributed by atoms with Gasteiger partial charge in [0.05, 0.1) is 11.0 Å². The largest absolute Gasteiger partial charge is 0.488 e. The molecule has 122 valence electrons. The normalized spacial score (nSPS) is 15.8. The summed E-state index contributed by atoms with van der Waals surface area (Å²) >= 11 is 0. The molecule has 0 unspecified atom stereocenters. The SMILES string of the molecule is OB(O)c1ccc(-n2c(C3CCCCC3)nc3ccccc32)cc1. The molecule has 4 nitrogen and oxygen atoms in total. The molecule has 1 aliphatic carbocycles. The van der Waals surface area contributed by atoms with Crippen LogP contribution >= 0.6 is 0 Å². The zero-order valence-corrected chi connectivity index (χ0v) is 13.6. The Labute approximate surface area is 141 Å². The second-order valence-corrected chi connectivity index (χ2v) is 6.59. The van der Waals surface area contributed by atoms with E-state index in [1.807, 2.05) is 24.3 Å². The summed E-state index contributed by atoms with van der Waals surface area (Å²) in [5, 5.41) is 18.6. The van der Waals surface area contributed by atoms with Crippen LogP contribution in [0.25, 0.3) is 16.7 Å². The summed E-state index contributed by atoms with van der Waals surface area (Å²) < 4.78 is 2.23. The zero-order valence-electron chi connectivity index (χ0n) is 13.6. The highest BCUT2D eigenvalue weighted by Gasteiger charge is 2.23. The van der Waals surface area contributed by atoms with Gasteiger partial charge in [-0.3, -0.25) is 4.57 Å². The van der Waals surface area contributed by atoms with Crippen molar-refractivity contribution in [3.05, 3.63) is 54.4 Å². The molecule has 0 atom stereocenters. The number of rotatable bonds is 3. The molecule has 4 rings (SSSR count). The fourth-order valence-electron chi connectivity index (χ4n) is 3.75. The minimum absolute atomic E-state index is 0.495. The number of nitrogens with zero attached hydrogens (tertiary/aromatic N) is 2. The monoisotopic (exact) mass is 320 g/mol. The average Bonchev–Trinajstić information content (AvgIpc) is 3.02. The standard InChI is InChI=1S/C19H21BN2O2/c23-20(24)15-10-12-16(13-11-15)22-18-9-5-4-8-17(18)21-19(22)14-6-2-1-3-7-14/h4-5,8-14,23-24H,1-3,6-7H2. The molecule has 0 bridgehead atoms. The average molecular weight is 320 g/mol. The van der Waals surface area contributed by atoms with Gasteiger partial charge < -0.3 is 10.0 Å². The van der Waals surface area contributed by atoms with Gasteiger partial charge in [-0.15, -0.1) is 0 Å². The summed E-state index contributed by atoms with van der Waals surface area (Å²) in [6.45, 7) is 0. The third kappa shape index (κ3) is 2.74. The van der Waals surface area contributed by atoms with Crippen LogP contribution in [-0.4, -0.2) is 26.7 Å². The Morgan fingerprint density at radius 2 is 1.62 bits per heavy atom. The minimum Gasteiger partial charge on any atom is -0.423 e. The Hall–Kier alpha value is -2.11. The lowest BCUT2D eigenvalue weighted by molar-refractivity contribution is 0.425. The molecule has 2 N–H and O–H groups in total. The Kier molecular flexibility index (Phi) is 4.13. The van der Waals surface area contributed by atoms with Gasteiger partial charge in [-0.05, 0) is 42.6 Å². The number of hydrogen-bond acceptors (Lipinski definition) is 3. The lowest BCUT2D eigenvalue weighted by atomic mass is 9.80. The van der Waals surface area contributed by atoms with E-state index in [0.29, 0.717) is 11.4 Å². The van der Waals surface area contributed by atoms with E-state index in [-0.39, 0.29) is 0 Å². The molecule has 1 aromatic heterocycles. The van der Waals surface area contributed by atoms with Crippen molar-refractivity contribution in [2.45, 2.75) is 38.0 Å². The number of hydrogen-bond donors (Lipinski definition) is 2. The van der Waals surface area contributed by atoms with E-state index in [9.17, 15) is 10.0 Å². The second kappa shape index (κ2) is 6.42. The molecular weight excluding hydrogens is 299 g/mol. The van der Waals surface area contributed by atoms with Gasteiger partial charge in [-0.1, -0.05) is 43.5 Å². The molecule has 5 heteroatoms. The number of benzene rings is 2. The molecular formula is C19H21BN2O2. The van der Waals surface area contributed by atoms with Crippen molar-refractivity contribution < 1.29 is 10.0 Å². The van der Waals surface area contributed by atoms with E-state index in [2.05, 4.69) is 16.7 Å². The predicted octanol–water partition coefficient (Wildman–Crippen LogP) is 2.75. The van der Waals surface area contributed by atoms with Crippen molar-refractivity contribution in [1.82, 2.24) is 9.55 Å². The molecule has 24 heavy (non-hydrogen) atoms. The summed E-state index contributed by atoms with van der Waals surface area (Å²) in [5.41, 5.74) is 3.65. The van der Waals surface area contributed by atoms with Crippen molar-refractivity contribution in [2.75, 3.05) is 0 Å². The van der Waals surface area contributed by atoms with Gasteiger partial charge in [0.15, 0.2) is 0 Å². The number of imidazole rings is 1. The molecule has 0 amide bonds. The van der Waals surface area contributed by atoms with E-state index in [0.717, 1.165) is 22.5 Å². The predicted molar refractivity (Wildman–Crippen MR) is 96.7 cm³/mol. The van der Waals surface area contributed by atoms with Crippen molar-refractivity contribution >= 4 is 23.6 Å². The van der Waals surface area contributed by atoms with Crippen LogP contribution in [0.4, 0.5) is 0 Å². The first kappa shape index (κ1) is 15.4. The van der Waals surface area contributed by atoms with Crippen molar-refractivity contribution in [3.8, 4) is 5.69 Å². The Morgan fingerprint density at radius 3 is 2.33 bits per heavy atom. The Morgan fingerprint density at radius 1 is 0.917 bits per heavy atom. The fourth-order valence-corrected chi connectivity index (χ4v) is 3.75.